The summed E-state index contributed by atoms with van der Waals surface area (Å²) in [6.07, 6.45) is 2.58. The van der Waals surface area contributed by atoms with Crippen LogP contribution in [0.3, 0.4) is 0 Å². The molecular formula is C23H18N2O5. The van der Waals surface area contributed by atoms with E-state index in [-0.39, 0.29) is 18.6 Å². The summed E-state index contributed by atoms with van der Waals surface area (Å²) in [5.74, 6) is 1.17. The Morgan fingerprint density at radius 1 is 1.10 bits per heavy atom. The summed E-state index contributed by atoms with van der Waals surface area (Å²) >= 11 is 0. The number of fused-ring (bicyclic) bond motifs is 1. The molecule has 0 bridgehead atoms. The molecule has 4 aromatic rings. The summed E-state index contributed by atoms with van der Waals surface area (Å²) in [7, 11) is 0. The maximum absolute atomic E-state index is 12.2. The van der Waals surface area contributed by atoms with Gasteiger partial charge in [0, 0.05) is 23.6 Å². The second-order valence-corrected chi connectivity index (χ2v) is 7.11. The fraction of sp³-hybridized carbons (Fsp3) is 0.174. The Hall–Kier alpha value is -3.87. The van der Waals surface area contributed by atoms with Crippen molar-refractivity contribution in [2.24, 2.45) is 0 Å². The Kier molecular flexibility index (Phi) is 4.55. The molecule has 0 radical (unpaired) electrons. The van der Waals surface area contributed by atoms with Gasteiger partial charge in [-0.2, -0.15) is 0 Å². The zero-order chi connectivity index (χ0) is 20.5. The van der Waals surface area contributed by atoms with Crippen molar-refractivity contribution in [2.45, 2.75) is 26.1 Å². The monoisotopic (exact) mass is 402 g/mol. The molecule has 0 spiro atoms. The summed E-state index contributed by atoms with van der Waals surface area (Å²) in [6, 6.07) is 17.1. The van der Waals surface area contributed by atoms with Crippen LogP contribution in [0.4, 0.5) is 0 Å². The summed E-state index contributed by atoms with van der Waals surface area (Å²) < 4.78 is 22.0. The number of esters is 1. The molecule has 5 rings (SSSR count). The molecule has 1 aliphatic heterocycles. The van der Waals surface area contributed by atoms with Crippen molar-refractivity contribution in [1.29, 1.82) is 0 Å². The van der Waals surface area contributed by atoms with E-state index in [0.717, 1.165) is 23.3 Å². The Balaban J connectivity index is 1.24. The number of carbonyl (C=O) groups excluding carboxylic acids is 1. The molecule has 30 heavy (non-hydrogen) atoms. The second-order valence-electron chi connectivity index (χ2n) is 7.11. The van der Waals surface area contributed by atoms with Crippen LogP contribution in [0, 0.1) is 0 Å². The zero-order valence-corrected chi connectivity index (χ0v) is 16.2. The largest absolute Gasteiger partial charge is 0.490 e. The molecular weight excluding hydrogens is 384 g/mol. The highest BCUT2D eigenvalue weighted by Gasteiger charge is 2.21. The van der Waals surface area contributed by atoms with E-state index in [1.165, 1.54) is 11.8 Å². The Morgan fingerprint density at radius 2 is 1.97 bits per heavy atom. The van der Waals surface area contributed by atoms with Gasteiger partial charge in [0.25, 0.3) is 0 Å². The van der Waals surface area contributed by atoms with E-state index in [9.17, 15) is 4.79 Å². The Morgan fingerprint density at radius 3 is 2.83 bits per heavy atom. The van der Waals surface area contributed by atoms with Crippen molar-refractivity contribution in [3.8, 4) is 28.4 Å². The van der Waals surface area contributed by atoms with E-state index in [1.807, 2.05) is 55.5 Å². The molecule has 1 unspecified atom stereocenters. The summed E-state index contributed by atoms with van der Waals surface area (Å²) in [5.41, 5.74) is 3.36. The highest BCUT2D eigenvalue weighted by molar-refractivity contribution is 5.84. The van der Waals surface area contributed by atoms with E-state index in [0.29, 0.717) is 17.2 Å². The quantitative estimate of drug-likeness (QED) is 0.448. The van der Waals surface area contributed by atoms with Gasteiger partial charge in [0.2, 0.25) is 0 Å². The molecule has 7 nitrogen and oxygen atoms in total. The van der Waals surface area contributed by atoms with Crippen LogP contribution in [0.15, 0.2) is 69.7 Å². The zero-order valence-electron chi connectivity index (χ0n) is 16.2. The van der Waals surface area contributed by atoms with E-state index >= 15 is 0 Å². The number of hydrogen-bond acceptors (Lipinski definition) is 7. The van der Waals surface area contributed by atoms with Gasteiger partial charge >= 0.3 is 11.9 Å². The van der Waals surface area contributed by atoms with E-state index in [1.54, 1.807) is 6.07 Å². The number of nitrogens with zero attached hydrogens (tertiary/aromatic N) is 2. The lowest BCUT2D eigenvalue weighted by Crippen LogP contribution is -2.05. The molecule has 0 amide bonds. The minimum atomic E-state index is -0.665. The third kappa shape index (κ3) is 3.57. The van der Waals surface area contributed by atoms with Gasteiger partial charge in [0.05, 0.1) is 6.20 Å². The number of oxazole rings is 1. The van der Waals surface area contributed by atoms with Crippen molar-refractivity contribution in [3.05, 3.63) is 77.9 Å². The average molecular weight is 402 g/mol. The highest BCUT2D eigenvalue weighted by atomic mass is 16.5. The van der Waals surface area contributed by atoms with Crippen LogP contribution in [0.25, 0.3) is 22.6 Å². The van der Waals surface area contributed by atoms with Crippen molar-refractivity contribution in [2.75, 3.05) is 0 Å². The lowest BCUT2D eigenvalue weighted by Gasteiger charge is -2.03. The molecule has 150 valence electrons. The molecule has 7 heteroatoms. The minimum Gasteiger partial charge on any atom is -0.490 e. The van der Waals surface area contributed by atoms with E-state index in [2.05, 4.69) is 10.1 Å². The molecule has 1 atom stereocenters. The normalized spacial score (nSPS) is 14.9. The van der Waals surface area contributed by atoms with Crippen LogP contribution in [-0.4, -0.2) is 22.2 Å². The van der Waals surface area contributed by atoms with Gasteiger partial charge in [-0.25, -0.2) is 9.78 Å². The third-order valence-corrected chi connectivity index (χ3v) is 4.84. The fourth-order valence-electron chi connectivity index (χ4n) is 3.38. The first kappa shape index (κ1) is 18.2. The molecule has 0 fully saturated rings. The number of benzene rings is 2. The lowest BCUT2D eigenvalue weighted by atomic mass is 10.1. The van der Waals surface area contributed by atoms with Crippen LogP contribution in [-0.2, 0) is 17.8 Å². The predicted octanol–water partition coefficient (Wildman–Crippen LogP) is 4.68. The molecule has 0 N–H and O–H groups in total. The van der Waals surface area contributed by atoms with Crippen molar-refractivity contribution in [1.82, 2.24) is 10.1 Å². The summed E-state index contributed by atoms with van der Waals surface area (Å²) in [4.78, 5) is 16.2. The number of rotatable bonds is 5. The SMILES string of the molecule is CC1Cc2ccc(-c3cc(COC(=O)c4ncc(-c5ccccc5)o4)no3)cc2O1. The maximum atomic E-state index is 12.2. The molecule has 0 aliphatic carbocycles. The van der Waals surface area contributed by atoms with Gasteiger partial charge in [-0.05, 0) is 18.6 Å². The summed E-state index contributed by atoms with van der Waals surface area (Å²) in [5, 5.41) is 3.98. The third-order valence-electron chi connectivity index (χ3n) is 4.84. The minimum absolute atomic E-state index is 0.0517. The molecule has 2 aromatic heterocycles. The van der Waals surface area contributed by atoms with Gasteiger partial charge in [-0.3, -0.25) is 0 Å². The lowest BCUT2D eigenvalue weighted by molar-refractivity contribution is 0.0419. The van der Waals surface area contributed by atoms with Crippen molar-refractivity contribution < 1.29 is 23.2 Å². The van der Waals surface area contributed by atoms with Crippen LogP contribution in [0.2, 0.25) is 0 Å². The Labute approximate surface area is 172 Å². The number of ether oxygens (including phenoxy) is 2. The predicted molar refractivity (Wildman–Crippen MR) is 107 cm³/mol. The highest BCUT2D eigenvalue weighted by Crippen LogP contribution is 2.33. The average Bonchev–Trinajstić information content (AvgIpc) is 3.50. The van der Waals surface area contributed by atoms with Crippen molar-refractivity contribution >= 4 is 5.97 Å². The molecule has 0 saturated heterocycles. The molecule has 3 heterocycles. The van der Waals surface area contributed by atoms with E-state index < -0.39 is 5.97 Å². The second kappa shape index (κ2) is 7.51. The number of hydrogen-bond donors (Lipinski definition) is 0. The van der Waals surface area contributed by atoms with Crippen LogP contribution < -0.4 is 4.74 Å². The van der Waals surface area contributed by atoms with Gasteiger partial charge in [-0.15, -0.1) is 0 Å². The van der Waals surface area contributed by atoms with Gasteiger partial charge in [0.15, 0.2) is 11.5 Å². The van der Waals surface area contributed by atoms with E-state index in [4.69, 9.17) is 18.4 Å². The van der Waals surface area contributed by atoms with Gasteiger partial charge in [-0.1, -0.05) is 47.6 Å². The fourth-order valence-corrected chi connectivity index (χ4v) is 3.38. The first-order valence-electron chi connectivity index (χ1n) is 9.59. The Bertz CT molecular complexity index is 1200. The first-order chi connectivity index (χ1) is 14.7. The molecule has 2 aromatic carbocycles. The molecule has 0 saturated carbocycles. The van der Waals surface area contributed by atoms with Crippen molar-refractivity contribution in [3.63, 3.8) is 0 Å². The van der Waals surface area contributed by atoms with Crippen LogP contribution in [0.5, 0.6) is 5.75 Å². The smallest absolute Gasteiger partial charge is 0.395 e. The van der Waals surface area contributed by atoms with Crippen LogP contribution >= 0.6 is 0 Å². The summed E-state index contributed by atoms with van der Waals surface area (Å²) in [6.45, 7) is 1.99. The van der Waals surface area contributed by atoms with Gasteiger partial charge < -0.3 is 18.4 Å². The maximum Gasteiger partial charge on any atom is 0.395 e. The number of carbonyl (C=O) groups is 1. The molecule has 1 aliphatic rings. The van der Waals surface area contributed by atoms with Crippen LogP contribution in [0.1, 0.15) is 28.9 Å². The standard InChI is InChI=1S/C23H18N2O5/c1-14-9-16-7-8-17(10-19(16)28-14)20-11-18(25-30-20)13-27-23(26)22-24-12-21(29-22)15-5-3-2-4-6-15/h2-8,10-12,14H,9,13H2,1H3. The number of aromatic nitrogens is 2. The topological polar surface area (TPSA) is 87.6 Å². The first-order valence-corrected chi connectivity index (χ1v) is 9.59. The van der Waals surface area contributed by atoms with Gasteiger partial charge in [0.1, 0.15) is 24.2 Å².